The van der Waals surface area contributed by atoms with E-state index in [2.05, 4.69) is 15.5 Å². The van der Waals surface area contributed by atoms with Crippen molar-refractivity contribution in [3.8, 4) is 6.07 Å². The first kappa shape index (κ1) is 13.8. The van der Waals surface area contributed by atoms with Crippen molar-refractivity contribution in [3.63, 3.8) is 0 Å². The normalized spacial score (nSPS) is 11.8. The second-order valence-corrected chi connectivity index (χ2v) is 4.87. The highest BCUT2D eigenvalue weighted by Gasteiger charge is 2.16. The number of aromatic nitrogens is 3. The van der Waals surface area contributed by atoms with Crippen LogP contribution in [0.3, 0.4) is 0 Å². The van der Waals surface area contributed by atoms with Gasteiger partial charge in [0.15, 0.2) is 11.5 Å². The molecule has 6 heteroatoms. The Morgan fingerprint density at radius 2 is 2.00 bits per heavy atom. The molecule has 1 aromatic carbocycles. The fourth-order valence-corrected chi connectivity index (χ4v) is 2.20. The summed E-state index contributed by atoms with van der Waals surface area (Å²) in [6, 6.07) is 13.8. The van der Waals surface area contributed by atoms with Gasteiger partial charge in [-0.3, -0.25) is 9.20 Å². The Bertz CT molecular complexity index is 860. The van der Waals surface area contributed by atoms with Crippen LogP contribution in [0, 0.1) is 11.3 Å². The van der Waals surface area contributed by atoms with Crippen molar-refractivity contribution in [2.45, 2.75) is 13.0 Å². The molecular weight excluding hydrogens is 278 g/mol. The monoisotopic (exact) mass is 291 g/mol. The van der Waals surface area contributed by atoms with Gasteiger partial charge in [0.1, 0.15) is 0 Å². The maximum Gasteiger partial charge on any atom is 0.251 e. The molecule has 0 fully saturated rings. The number of rotatable bonds is 3. The van der Waals surface area contributed by atoms with Crippen molar-refractivity contribution >= 4 is 11.6 Å². The van der Waals surface area contributed by atoms with E-state index in [9.17, 15) is 4.79 Å². The largest absolute Gasteiger partial charge is 0.342 e. The summed E-state index contributed by atoms with van der Waals surface area (Å²) in [7, 11) is 0. The number of pyridine rings is 1. The molecule has 0 aliphatic carbocycles. The molecule has 2 aromatic heterocycles. The third-order valence-corrected chi connectivity index (χ3v) is 3.35. The Morgan fingerprint density at radius 1 is 1.23 bits per heavy atom. The summed E-state index contributed by atoms with van der Waals surface area (Å²) in [6.45, 7) is 1.85. The lowest BCUT2D eigenvalue weighted by molar-refractivity contribution is 0.0938. The van der Waals surface area contributed by atoms with E-state index in [1.54, 1.807) is 24.3 Å². The SMILES string of the molecule is CC(NC(=O)c1ccc(C#N)cc1)c1nnc2ccccn12. The molecule has 1 amide bonds. The van der Waals surface area contributed by atoms with E-state index in [0.717, 1.165) is 5.65 Å². The molecule has 0 saturated heterocycles. The molecule has 3 rings (SSSR count). The van der Waals surface area contributed by atoms with Gasteiger partial charge in [0, 0.05) is 11.8 Å². The Morgan fingerprint density at radius 3 is 2.73 bits per heavy atom. The fraction of sp³-hybridized carbons (Fsp3) is 0.125. The lowest BCUT2D eigenvalue weighted by Gasteiger charge is -2.12. The average molecular weight is 291 g/mol. The van der Waals surface area contributed by atoms with Gasteiger partial charge in [0.25, 0.3) is 5.91 Å². The molecule has 6 nitrogen and oxygen atoms in total. The van der Waals surface area contributed by atoms with Gasteiger partial charge in [0.05, 0.1) is 17.7 Å². The highest BCUT2D eigenvalue weighted by molar-refractivity contribution is 5.94. The van der Waals surface area contributed by atoms with Gasteiger partial charge < -0.3 is 5.32 Å². The van der Waals surface area contributed by atoms with Crippen molar-refractivity contribution in [1.82, 2.24) is 19.9 Å². The first-order valence-corrected chi connectivity index (χ1v) is 6.80. The first-order chi connectivity index (χ1) is 10.7. The van der Waals surface area contributed by atoms with Crippen molar-refractivity contribution < 1.29 is 4.79 Å². The molecule has 108 valence electrons. The molecule has 0 radical (unpaired) electrons. The van der Waals surface area contributed by atoms with Crippen molar-refractivity contribution in [1.29, 1.82) is 5.26 Å². The third kappa shape index (κ3) is 2.52. The number of carbonyl (C=O) groups is 1. The molecular formula is C16H13N5O. The number of amides is 1. The number of nitrogens with zero attached hydrogens (tertiary/aromatic N) is 4. The maximum absolute atomic E-state index is 12.2. The van der Waals surface area contributed by atoms with E-state index in [1.165, 1.54) is 0 Å². The smallest absolute Gasteiger partial charge is 0.251 e. The number of fused-ring (bicyclic) bond motifs is 1. The van der Waals surface area contributed by atoms with Crippen LogP contribution < -0.4 is 5.32 Å². The molecule has 0 spiro atoms. The summed E-state index contributed by atoms with van der Waals surface area (Å²) in [5.74, 6) is 0.447. The van der Waals surface area contributed by atoms with Crippen LogP contribution in [0.4, 0.5) is 0 Å². The Labute approximate surface area is 127 Å². The van der Waals surface area contributed by atoms with Crippen LogP contribution in [-0.4, -0.2) is 20.5 Å². The topological polar surface area (TPSA) is 83.1 Å². The molecule has 22 heavy (non-hydrogen) atoms. The number of nitriles is 1. The summed E-state index contributed by atoms with van der Waals surface area (Å²) >= 11 is 0. The number of hydrogen-bond donors (Lipinski definition) is 1. The van der Waals surface area contributed by atoms with Gasteiger partial charge in [-0.2, -0.15) is 5.26 Å². The minimum absolute atomic E-state index is 0.218. The summed E-state index contributed by atoms with van der Waals surface area (Å²) in [4.78, 5) is 12.2. The summed E-state index contributed by atoms with van der Waals surface area (Å²) in [6.07, 6.45) is 1.86. The van der Waals surface area contributed by atoms with E-state index >= 15 is 0 Å². The van der Waals surface area contributed by atoms with Crippen LogP contribution in [0.5, 0.6) is 0 Å². The zero-order valence-corrected chi connectivity index (χ0v) is 11.9. The summed E-state index contributed by atoms with van der Waals surface area (Å²) < 4.78 is 1.84. The van der Waals surface area contributed by atoms with E-state index < -0.39 is 0 Å². The van der Waals surface area contributed by atoms with Gasteiger partial charge in [-0.15, -0.1) is 10.2 Å². The second kappa shape index (κ2) is 5.66. The molecule has 1 N–H and O–H groups in total. The Balaban J connectivity index is 1.80. The fourth-order valence-electron chi connectivity index (χ4n) is 2.20. The van der Waals surface area contributed by atoms with Crippen molar-refractivity contribution in [2.75, 3.05) is 0 Å². The van der Waals surface area contributed by atoms with Crippen molar-refractivity contribution in [3.05, 3.63) is 65.6 Å². The highest BCUT2D eigenvalue weighted by Crippen LogP contribution is 2.13. The van der Waals surface area contributed by atoms with Gasteiger partial charge >= 0.3 is 0 Å². The quantitative estimate of drug-likeness (QED) is 0.801. The van der Waals surface area contributed by atoms with Gasteiger partial charge in [-0.25, -0.2) is 0 Å². The molecule has 0 bridgehead atoms. The molecule has 2 heterocycles. The molecule has 0 saturated carbocycles. The van der Waals surface area contributed by atoms with Crippen LogP contribution in [0.1, 0.15) is 34.7 Å². The second-order valence-electron chi connectivity index (χ2n) is 4.87. The van der Waals surface area contributed by atoms with Gasteiger partial charge in [-0.1, -0.05) is 6.07 Å². The zero-order valence-electron chi connectivity index (χ0n) is 11.9. The van der Waals surface area contributed by atoms with Gasteiger partial charge in [0.2, 0.25) is 0 Å². The van der Waals surface area contributed by atoms with Crippen LogP contribution >= 0.6 is 0 Å². The lowest BCUT2D eigenvalue weighted by Crippen LogP contribution is -2.28. The zero-order chi connectivity index (χ0) is 15.5. The van der Waals surface area contributed by atoms with Crippen LogP contribution in [0.15, 0.2) is 48.7 Å². The first-order valence-electron chi connectivity index (χ1n) is 6.80. The minimum Gasteiger partial charge on any atom is -0.342 e. The molecule has 0 aliphatic heterocycles. The predicted molar refractivity (Wildman–Crippen MR) is 80.0 cm³/mol. The lowest BCUT2D eigenvalue weighted by atomic mass is 10.1. The van der Waals surface area contributed by atoms with Crippen LogP contribution in [0.2, 0.25) is 0 Å². The number of hydrogen-bond acceptors (Lipinski definition) is 4. The van der Waals surface area contributed by atoms with E-state index in [0.29, 0.717) is 17.0 Å². The Kier molecular flexibility index (Phi) is 3.54. The molecule has 0 aliphatic rings. The summed E-state index contributed by atoms with van der Waals surface area (Å²) in [5.41, 5.74) is 1.75. The number of benzene rings is 1. The molecule has 1 unspecified atom stereocenters. The third-order valence-electron chi connectivity index (χ3n) is 3.35. The standard InChI is InChI=1S/C16H13N5O/c1-11(15-20-19-14-4-2-3-9-21(14)15)18-16(22)13-7-5-12(10-17)6-8-13/h2-9,11H,1H3,(H,18,22). The minimum atomic E-state index is -0.291. The van der Waals surface area contributed by atoms with E-state index in [1.807, 2.05) is 41.8 Å². The van der Waals surface area contributed by atoms with E-state index in [4.69, 9.17) is 5.26 Å². The maximum atomic E-state index is 12.2. The highest BCUT2D eigenvalue weighted by atomic mass is 16.1. The predicted octanol–water partition coefficient (Wildman–Crippen LogP) is 2.09. The number of carbonyl (C=O) groups excluding carboxylic acids is 1. The van der Waals surface area contributed by atoms with E-state index in [-0.39, 0.29) is 11.9 Å². The molecule has 1 atom stereocenters. The van der Waals surface area contributed by atoms with Crippen molar-refractivity contribution in [2.24, 2.45) is 0 Å². The Hall–Kier alpha value is -3.20. The van der Waals surface area contributed by atoms with Crippen LogP contribution in [0.25, 0.3) is 5.65 Å². The van der Waals surface area contributed by atoms with Gasteiger partial charge in [-0.05, 0) is 43.3 Å². The van der Waals surface area contributed by atoms with Crippen LogP contribution in [-0.2, 0) is 0 Å². The molecule has 3 aromatic rings. The average Bonchev–Trinajstić information content (AvgIpc) is 2.99. The summed E-state index contributed by atoms with van der Waals surface area (Å²) in [5, 5.41) is 19.8. The number of nitrogens with one attached hydrogen (secondary N) is 1.